The Kier molecular flexibility index (Phi) is 3.80. The van der Waals surface area contributed by atoms with Crippen LogP contribution in [0.2, 0.25) is 0 Å². The number of hydrogen-bond donors (Lipinski definition) is 1. The summed E-state index contributed by atoms with van der Waals surface area (Å²) in [6, 6.07) is 6.45. The number of primary sulfonamides is 1. The van der Waals surface area contributed by atoms with Crippen molar-refractivity contribution < 1.29 is 8.42 Å². The second-order valence-corrected chi connectivity index (χ2v) is 8.05. The van der Waals surface area contributed by atoms with Crippen LogP contribution in [0.3, 0.4) is 0 Å². The average Bonchev–Trinajstić information content (AvgIpc) is 2.57. The summed E-state index contributed by atoms with van der Waals surface area (Å²) in [5.74, 6) is 0.413. The molecule has 2 atom stereocenters. The van der Waals surface area contributed by atoms with Gasteiger partial charge in [-0.05, 0) is 78.0 Å². The maximum atomic E-state index is 11.2. The number of nitrogens with two attached hydrogens (primary N) is 1. The lowest BCUT2D eigenvalue weighted by Crippen LogP contribution is -2.28. The summed E-state index contributed by atoms with van der Waals surface area (Å²) in [4.78, 5) is 0. The van der Waals surface area contributed by atoms with E-state index < -0.39 is 15.3 Å². The van der Waals surface area contributed by atoms with Gasteiger partial charge in [-0.1, -0.05) is 6.07 Å². The van der Waals surface area contributed by atoms with E-state index in [4.69, 9.17) is 5.14 Å². The molecule has 0 spiro atoms. The molecule has 3 nitrogen and oxygen atoms in total. The molecule has 1 aromatic rings. The summed E-state index contributed by atoms with van der Waals surface area (Å²) in [5.41, 5.74) is 2.72. The molecule has 17 heavy (non-hydrogen) atoms. The Morgan fingerprint density at radius 1 is 1.41 bits per heavy atom. The molecule has 1 aromatic carbocycles. The van der Waals surface area contributed by atoms with Gasteiger partial charge in [0.1, 0.15) is 0 Å². The summed E-state index contributed by atoms with van der Waals surface area (Å²) in [7, 11) is -3.39. The Labute approximate surface area is 116 Å². The molecule has 2 unspecified atom stereocenters. The molecule has 0 radical (unpaired) electrons. The smallest absolute Gasteiger partial charge is 0.211 e. The van der Waals surface area contributed by atoms with E-state index in [2.05, 4.69) is 40.8 Å². The van der Waals surface area contributed by atoms with Gasteiger partial charge in [-0.15, -0.1) is 0 Å². The van der Waals surface area contributed by atoms with E-state index in [1.54, 1.807) is 6.92 Å². The third-order valence-electron chi connectivity index (χ3n) is 3.41. The molecule has 0 amide bonds. The third-order valence-corrected chi connectivity index (χ3v) is 5.40. The minimum absolute atomic E-state index is 0.413. The zero-order chi connectivity index (χ0) is 12.6. The van der Waals surface area contributed by atoms with Crippen LogP contribution in [-0.4, -0.2) is 13.7 Å². The van der Waals surface area contributed by atoms with Crippen molar-refractivity contribution in [2.75, 3.05) is 0 Å². The predicted molar refractivity (Wildman–Crippen MR) is 77.2 cm³/mol. The Morgan fingerprint density at radius 3 is 2.71 bits per heavy atom. The van der Waals surface area contributed by atoms with Crippen LogP contribution in [0.15, 0.2) is 18.2 Å². The molecule has 0 heterocycles. The minimum atomic E-state index is -3.39. The summed E-state index contributed by atoms with van der Waals surface area (Å²) >= 11 is 2.30. The van der Waals surface area contributed by atoms with Crippen molar-refractivity contribution >= 4 is 32.6 Å². The fourth-order valence-electron chi connectivity index (χ4n) is 2.45. The normalized spacial score (nSPS) is 21.2. The fourth-order valence-corrected chi connectivity index (χ4v) is 3.54. The van der Waals surface area contributed by atoms with E-state index in [0.717, 1.165) is 12.8 Å². The van der Waals surface area contributed by atoms with Gasteiger partial charge < -0.3 is 0 Å². The molecule has 2 rings (SSSR count). The molecule has 0 bridgehead atoms. The number of sulfonamides is 1. The zero-order valence-corrected chi connectivity index (χ0v) is 12.7. The lowest BCUT2D eigenvalue weighted by atomic mass is 10.0. The van der Waals surface area contributed by atoms with Gasteiger partial charge in [0.2, 0.25) is 10.0 Å². The Morgan fingerprint density at radius 2 is 2.06 bits per heavy atom. The number of hydrogen-bond acceptors (Lipinski definition) is 2. The number of rotatable bonds is 3. The highest BCUT2D eigenvalue weighted by Crippen LogP contribution is 2.31. The fraction of sp³-hybridized carbons (Fsp3) is 0.500. The van der Waals surface area contributed by atoms with Gasteiger partial charge in [0.05, 0.1) is 5.25 Å². The Bertz CT molecular complexity index is 527. The van der Waals surface area contributed by atoms with Crippen LogP contribution in [0.25, 0.3) is 0 Å². The van der Waals surface area contributed by atoms with Gasteiger partial charge in [-0.2, -0.15) is 0 Å². The quantitative estimate of drug-likeness (QED) is 0.834. The monoisotopic (exact) mass is 365 g/mol. The molecule has 1 aliphatic rings. The summed E-state index contributed by atoms with van der Waals surface area (Å²) in [5, 5.41) is 4.71. The molecule has 0 saturated carbocycles. The summed E-state index contributed by atoms with van der Waals surface area (Å²) < 4.78 is 23.7. The van der Waals surface area contributed by atoms with Crippen LogP contribution < -0.4 is 5.14 Å². The van der Waals surface area contributed by atoms with E-state index in [0.29, 0.717) is 12.3 Å². The van der Waals surface area contributed by atoms with E-state index in [1.807, 2.05) is 0 Å². The minimum Gasteiger partial charge on any atom is -0.228 e. The standard InChI is InChI=1S/C12H16INO2S/c1-8(17(14,15)16)4-9-5-10-2-3-12(13)7-11(10)6-9/h2-3,7-9H,4-6H2,1H3,(H2,14,15,16). The van der Waals surface area contributed by atoms with E-state index in [9.17, 15) is 8.42 Å². The first-order chi connectivity index (χ1) is 7.86. The van der Waals surface area contributed by atoms with Crippen LogP contribution in [0.4, 0.5) is 0 Å². The van der Waals surface area contributed by atoms with Crippen molar-refractivity contribution in [3.8, 4) is 0 Å². The van der Waals surface area contributed by atoms with Crippen LogP contribution in [0, 0.1) is 9.49 Å². The van der Waals surface area contributed by atoms with Crippen molar-refractivity contribution in [1.82, 2.24) is 0 Å². The van der Waals surface area contributed by atoms with Crippen molar-refractivity contribution in [2.45, 2.75) is 31.4 Å². The van der Waals surface area contributed by atoms with Crippen LogP contribution in [0.1, 0.15) is 24.5 Å². The Balaban J connectivity index is 2.06. The van der Waals surface area contributed by atoms with E-state index in [-0.39, 0.29) is 0 Å². The summed E-state index contributed by atoms with van der Waals surface area (Å²) in [6.45, 7) is 1.70. The third kappa shape index (κ3) is 3.20. The Hall–Kier alpha value is -0.140. The maximum absolute atomic E-state index is 11.2. The second-order valence-electron chi connectivity index (χ2n) is 4.82. The van der Waals surface area contributed by atoms with Gasteiger partial charge in [-0.3, -0.25) is 0 Å². The second kappa shape index (κ2) is 4.85. The van der Waals surface area contributed by atoms with Gasteiger partial charge in [0.15, 0.2) is 0 Å². The van der Waals surface area contributed by atoms with Crippen molar-refractivity contribution in [3.05, 3.63) is 32.9 Å². The molecular weight excluding hydrogens is 349 g/mol. The first-order valence-electron chi connectivity index (χ1n) is 5.65. The van der Waals surface area contributed by atoms with Crippen LogP contribution >= 0.6 is 22.6 Å². The molecule has 1 aliphatic carbocycles. The van der Waals surface area contributed by atoms with Crippen LogP contribution in [0.5, 0.6) is 0 Å². The number of fused-ring (bicyclic) bond motifs is 1. The largest absolute Gasteiger partial charge is 0.228 e. The molecule has 94 valence electrons. The van der Waals surface area contributed by atoms with E-state index >= 15 is 0 Å². The van der Waals surface area contributed by atoms with E-state index in [1.165, 1.54) is 14.7 Å². The SMILES string of the molecule is CC(CC1Cc2ccc(I)cc2C1)S(N)(=O)=O. The molecule has 0 saturated heterocycles. The zero-order valence-electron chi connectivity index (χ0n) is 9.69. The van der Waals surface area contributed by atoms with Gasteiger partial charge in [0, 0.05) is 3.57 Å². The number of halogens is 1. The molecule has 5 heteroatoms. The van der Waals surface area contributed by atoms with Crippen molar-refractivity contribution in [2.24, 2.45) is 11.1 Å². The van der Waals surface area contributed by atoms with Crippen LogP contribution in [-0.2, 0) is 22.9 Å². The lowest BCUT2D eigenvalue weighted by Gasteiger charge is -2.13. The molecule has 0 aromatic heterocycles. The van der Waals surface area contributed by atoms with Crippen molar-refractivity contribution in [1.29, 1.82) is 0 Å². The first kappa shape index (κ1) is 13.3. The number of benzene rings is 1. The molecule has 2 N–H and O–H groups in total. The molecule has 0 fully saturated rings. The van der Waals surface area contributed by atoms with Gasteiger partial charge in [-0.25, -0.2) is 13.6 Å². The summed E-state index contributed by atoms with van der Waals surface area (Å²) in [6.07, 6.45) is 2.61. The lowest BCUT2D eigenvalue weighted by molar-refractivity contribution is 0.493. The topological polar surface area (TPSA) is 60.2 Å². The molecular formula is C12H16INO2S. The van der Waals surface area contributed by atoms with Gasteiger partial charge >= 0.3 is 0 Å². The van der Waals surface area contributed by atoms with Crippen molar-refractivity contribution in [3.63, 3.8) is 0 Å². The molecule has 0 aliphatic heterocycles. The predicted octanol–water partition coefficient (Wildman–Crippen LogP) is 2.07. The highest BCUT2D eigenvalue weighted by atomic mass is 127. The van der Waals surface area contributed by atoms with Gasteiger partial charge in [0.25, 0.3) is 0 Å². The first-order valence-corrected chi connectivity index (χ1v) is 8.34. The highest BCUT2D eigenvalue weighted by molar-refractivity contribution is 14.1. The maximum Gasteiger partial charge on any atom is 0.211 e. The average molecular weight is 365 g/mol. The highest BCUT2D eigenvalue weighted by Gasteiger charge is 2.26.